The van der Waals surface area contributed by atoms with Crippen molar-refractivity contribution in [3.8, 4) is 5.69 Å². The van der Waals surface area contributed by atoms with Gasteiger partial charge < -0.3 is 4.90 Å². The van der Waals surface area contributed by atoms with Crippen LogP contribution in [0.1, 0.15) is 24.8 Å². The SMILES string of the molecule is O=S(=O)(NCc1ccnc(N2CCCCC2)c1)c1cnn(-c2ccccc2)c1. The maximum atomic E-state index is 12.6. The summed E-state index contributed by atoms with van der Waals surface area (Å²) in [4.78, 5) is 6.83. The molecule has 1 aliphatic rings. The van der Waals surface area contributed by atoms with Crippen molar-refractivity contribution in [1.29, 1.82) is 0 Å². The molecule has 1 N–H and O–H groups in total. The molecule has 7 nitrogen and oxygen atoms in total. The third-order valence-corrected chi connectivity index (χ3v) is 6.20. The van der Waals surface area contributed by atoms with Crippen molar-refractivity contribution in [1.82, 2.24) is 19.5 Å². The highest BCUT2D eigenvalue weighted by atomic mass is 32.2. The molecule has 1 aromatic carbocycles. The van der Waals surface area contributed by atoms with Gasteiger partial charge in [-0.25, -0.2) is 22.8 Å². The predicted octanol–water partition coefficient (Wildman–Crippen LogP) is 2.74. The van der Waals surface area contributed by atoms with Crippen LogP contribution in [-0.4, -0.2) is 36.3 Å². The van der Waals surface area contributed by atoms with E-state index in [1.165, 1.54) is 31.7 Å². The van der Waals surface area contributed by atoms with Crippen LogP contribution in [0.3, 0.4) is 0 Å². The van der Waals surface area contributed by atoms with Gasteiger partial charge in [0.2, 0.25) is 10.0 Å². The van der Waals surface area contributed by atoms with Crippen molar-refractivity contribution in [3.63, 3.8) is 0 Å². The number of pyridine rings is 1. The highest BCUT2D eigenvalue weighted by molar-refractivity contribution is 7.89. The van der Waals surface area contributed by atoms with Gasteiger partial charge in [0.1, 0.15) is 10.7 Å². The Morgan fingerprint density at radius 1 is 1.04 bits per heavy atom. The zero-order valence-corrected chi connectivity index (χ0v) is 16.3. The quantitative estimate of drug-likeness (QED) is 0.692. The molecule has 0 aliphatic carbocycles. The van der Waals surface area contributed by atoms with Gasteiger partial charge in [0.05, 0.1) is 18.1 Å². The number of piperidine rings is 1. The van der Waals surface area contributed by atoms with E-state index in [0.717, 1.165) is 30.2 Å². The monoisotopic (exact) mass is 397 g/mol. The number of sulfonamides is 1. The molecule has 0 amide bonds. The van der Waals surface area contributed by atoms with E-state index in [-0.39, 0.29) is 11.4 Å². The van der Waals surface area contributed by atoms with Crippen molar-refractivity contribution in [2.45, 2.75) is 30.7 Å². The average molecular weight is 398 g/mol. The number of para-hydroxylation sites is 1. The van der Waals surface area contributed by atoms with Crippen molar-refractivity contribution in [2.24, 2.45) is 0 Å². The largest absolute Gasteiger partial charge is 0.357 e. The zero-order chi connectivity index (χ0) is 19.4. The van der Waals surface area contributed by atoms with E-state index in [0.29, 0.717) is 0 Å². The van der Waals surface area contributed by atoms with Crippen LogP contribution in [0, 0.1) is 0 Å². The van der Waals surface area contributed by atoms with Gasteiger partial charge in [-0.1, -0.05) is 18.2 Å². The van der Waals surface area contributed by atoms with Gasteiger partial charge in [-0.15, -0.1) is 0 Å². The van der Waals surface area contributed by atoms with E-state index < -0.39 is 10.0 Å². The van der Waals surface area contributed by atoms with Gasteiger partial charge in [0.15, 0.2) is 0 Å². The Kier molecular flexibility index (Phi) is 5.40. The maximum absolute atomic E-state index is 12.6. The summed E-state index contributed by atoms with van der Waals surface area (Å²) in [6, 6.07) is 13.2. The first-order chi connectivity index (χ1) is 13.6. The molecule has 3 heterocycles. The molecule has 4 rings (SSSR count). The first-order valence-electron chi connectivity index (χ1n) is 9.41. The number of nitrogens with zero attached hydrogens (tertiary/aromatic N) is 4. The fourth-order valence-electron chi connectivity index (χ4n) is 3.30. The third-order valence-electron chi connectivity index (χ3n) is 4.85. The summed E-state index contributed by atoms with van der Waals surface area (Å²) in [5.74, 6) is 0.910. The molecule has 1 fully saturated rings. The summed E-state index contributed by atoms with van der Waals surface area (Å²) < 4.78 is 29.5. The lowest BCUT2D eigenvalue weighted by Crippen LogP contribution is -2.30. The minimum Gasteiger partial charge on any atom is -0.357 e. The van der Waals surface area contributed by atoms with Gasteiger partial charge in [-0.3, -0.25) is 0 Å². The minimum atomic E-state index is -3.65. The second-order valence-electron chi connectivity index (χ2n) is 6.85. The summed E-state index contributed by atoms with van der Waals surface area (Å²) >= 11 is 0. The van der Waals surface area contributed by atoms with Crippen molar-refractivity contribution in [2.75, 3.05) is 18.0 Å². The van der Waals surface area contributed by atoms with Crippen molar-refractivity contribution >= 4 is 15.8 Å². The number of benzene rings is 1. The Morgan fingerprint density at radius 2 is 1.82 bits per heavy atom. The molecule has 0 spiro atoms. The van der Waals surface area contributed by atoms with E-state index in [1.807, 2.05) is 42.5 Å². The Hall–Kier alpha value is -2.71. The molecule has 28 heavy (non-hydrogen) atoms. The van der Waals surface area contributed by atoms with Gasteiger partial charge in [0.25, 0.3) is 0 Å². The molecule has 1 saturated heterocycles. The topological polar surface area (TPSA) is 80.1 Å². The summed E-state index contributed by atoms with van der Waals surface area (Å²) in [6.07, 6.45) is 8.21. The number of hydrogen-bond acceptors (Lipinski definition) is 5. The summed E-state index contributed by atoms with van der Waals surface area (Å²) in [6.45, 7) is 2.21. The summed E-state index contributed by atoms with van der Waals surface area (Å²) in [5, 5.41) is 4.16. The fourth-order valence-corrected chi connectivity index (χ4v) is 4.24. The molecular formula is C20H23N5O2S. The van der Waals surface area contributed by atoms with Crippen LogP contribution in [0.25, 0.3) is 5.69 Å². The number of aromatic nitrogens is 3. The molecule has 0 bridgehead atoms. The number of rotatable bonds is 6. The molecule has 0 saturated carbocycles. The fraction of sp³-hybridized carbons (Fsp3) is 0.300. The highest BCUT2D eigenvalue weighted by Crippen LogP contribution is 2.19. The Bertz CT molecular complexity index is 1030. The molecule has 0 atom stereocenters. The van der Waals surface area contributed by atoms with Crippen LogP contribution in [0.4, 0.5) is 5.82 Å². The predicted molar refractivity (Wildman–Crippen MR) is 108 cm³/mol. The number of anilines is 1. The summed E-state index contributed by atoms with van der Waals surface area (Å²) in [7, 11) is -3.65. The molecule has 8 heteroatoms. The molecule has 1 aliphatic heterocycles. The van der Waals surface area contributed by atoms with Gasteiger partial charge >= 0.3 is 0 Å². The normalized spacial score (nSPS) is 14.9. The van der Waals surface area contributed by atoms with E-state index in [2.05, 4.69) is 19.7 Å². The van der Waals surface area contributed by atoms with Crippen molar-refractivity contribution < 1.29 is 8.42 Å². The lowest BCUT2D eigenvalue weighted by Gasteiger charge is -2.27. The summed E-state index contributed by atoms with van der Waals surface area (Å²) in [5.41, 5.74) is 1.69. The van der Waals surface area contributed by atoms with Gasteiger partial charge in [-0.2, -0.15) is 5.10 Å². The van der Waals surface area contributed by atoms with Crippen LogP contribution in [0.5, 0.6) is 0 Å². The Morgan fingerprint density at radius 3 is 2.61 bits per heavy atom. The van der Waals surface area contributed by atoms with E-state index in [9.17, 15) is 8.42 Å². The molecule has 2 aromatic heterocycles. The second kappa shape index (κ2) is 8.12. The zero-order valence-electron chi connectivity index (χ0n) is 15.5. The van der Waals surface area contributed by atoms with E-state index >= 15 is 0 Å². The Labute approximate surface area is 165 Å². The van der Waals surface area contributed by atoms with Gasteiger partial charge in [-0.05, 0) is 49.1 Å². The van der Waals surface area contributed by atoms with Gasteiger partial charge in [0, 0.05) is 25.8 Å². The number of hydrogen-bond donors (Lipinski definition) is 1. The Balaban J connectivity index is 1.45. The molecular weight excluding hydrogens is 374 g/mol. The smallest absolute Gasteiger partial charge is 0.244 e. The first kappa shape index (κ1) is 18.6. The minimum absolute atomic E-state index is 0.140. The highest BCUT2D eigenvalue weighted by Gasteiger charge is 2.17. The number of nitrogens with one attached hydrogen (secondary N) is 1. The molecule has 0 unspecified atom stereocenters. The van der Waals surface area contributed by atoms with Crippen LogP contribution >= 0.6 is 0 Å². The third kappa shape index (κ3) is 4.23. The average Bonchev–Trinajstić information content (AvgIpc) is 3.25. The van der Waals surface area contributed by atoms with Crippen LogP contribution < -0.4 is 9.62 Å². The lowest BCUT2D eigenvalue weighted by atomic mass is 10.1. The van der Waals surface area contributed by atoms with Crippen LogP contribution in [-0.2, 0) is 16.6 Å². The first-order valence-corrected chi connectivity index (χ1v) is 10.9. The van der Waals surface area contributed by atoms with E-state index in [4.69, 9.17) is 0 Å². The maximum Gasteiger partial charge on any atom is 0.244 e. The van der Waals surface area contributed by atoms with Crippen LogP contribution in [0.15, 0.2) is 66.0 Å². The van der Waals surface area contributed by atoms with E-state index in [1.54, 1.807) is 10.9 Å². The standard InChI is InChI=1S/C20H23N5O2S/c26-28(27,19-15-22-25(16-19)18-7-3-1-4-8-18)23-14-17-9-10-21-20(13-17)24-11-5-2-6-12-24/h1,3-4,7-10,13,15-16,23H,2,5-6,11-12,14H2. The van der Waals surface area contributed by atoms with Crippen molar-refractivity contribution in [3.05, 3.63) is 66.6 Å². The molecule has 146 valence electrons. The molecule has 3 aromatic rings. The lowest BCUT2D eigenvalue weighted by molar-refractivity contribution is 0.572. The van der Waals surface area contributed by atoms with Crippen LogP contribution in [0.2, 0.25) is 0 Å². The molecule has 0 radical (unpaired) electrons. The second-order valence-corrected chi connectivity index (χ2v) is 8.62.